The number of nitrogens with zero attached hydrogens (tertiary/aromatic N) is 3. The molecule has 2 amide bonds. The zero-order valence-electron chi connectivity index (χ0n) is 13.7. The van der Waals surface area contributed by atoms with E-state index in [0.717, 1.165) is 16.2 Å². The minimum Gasteiger partial charge on any atom is -0.398 e. The van der Waals surface area contributed by atoms with Gasteiger partial charge in [0.25, 0.3) is 5.91 Å². The summed E-state index contributed by atoms with van der Waals surface area (Å²) in [6, 6.07) is 0. The lowest BCUT2D eigenvalue weighted by Crippen LogP contribution is -2.24. The highest BCUT2D eigenvalue weighted by Gasteiger charge is 2.20. The number of carbonyl (C=O) groups excluding carboxylic acids is 2. The van der Waals surface area contributed by atoms with E-state index in [-0.39, 0.29) is 23.2 Å². The summed E-state index contributed by atoms with van der Waals surface area (Å²) in [6.07, 6.45) is 1.72. The Balaban J connectivity index is 2.15. The topological polar surface area (TPSA) is 106 Å². The summed E-state index contributed by atoms with van der Waals surface area (Å²) in [5.74, 6) is -0.758. The van der Waals surface area contributed by atoms with Gasteiger partial charge >= 0.3 is 0 Å². The summed E-state index contributed by atoms with van der Waals surface area (Å²) in [4.78, 5) is 37.9. The maximum Gasteiger partial charge on any atom is 0.281 e. The lowest BCUT2D eigenvalue weighted by molar-refractivity contribution is -0.114. The molecule has 2 aromatic heterocycles. The molecule has 2 heterocycles. The van der Waals surface area contributed by atoms with Crippen LogP contribution in [-0.2, 0) is 14.4 Å². The number of oxime groups is 1. The van der Waals surface area contributed by atoms with E-state index in [1.165, 1.54) is 18.4 Å². The van der Waals surface area contributed by atoms with Crippen LogP contribution in [0.5, 0.6) is 0 Å². The van der Waals surface area contributed by atoms with Crippen LogP contribution in [0.1, 0.15) is 30.3 Å². The number of carbonyl (C=O) groups is 2. The van der Waals surface area contributed by atoms with Crippen LogP contribution in [0.3, 0.4) is 0 Å². The average Bonchev–Trinajstić information content (AvgIpc) is 3.22. The third kappa shape index (κ3) is 5.21. The van der Waals surface area contributed by atoms with E-state index >= 15 is 0 Å². The largest absolute Gasteiger partial charge is 0.398 e. The molecule has 0 aliphatic rings. The lowest BCUT2D eigenvalue weighted by atomic mass is 10.2. The van der Waals surface area contributed by atoms with E-state index in [9.17, 15) is 9.59 Å². The monoisotopic (exact) mass is 401 g/mol. The van der Waals surface area contributed by atoms with Crippen LogP contribution in [0.4, 0.5) is 10.3 Å². The van der Waals surface area contributed by atoms with Gasteiger partial charge in [0.2, 0.25) is 5.91 Å². The molecule has 2 N–H and O–H groups in total. The second-order valence-corrected chi connectivity index (χ2v) is 7.21. The maximum atomic E-state index is 12.5. The van der Waals surface area contributed by atoms with E-state index < -0.39 is 5.91 Å². The Morgan fingerprint density at radius 2 is 2.12 bits per heavy atom. The Labute approximate surface area is 157 Å². The normalized spacial score (nSPS) is 11.5. The number of anilines is 2. The molecule has 2 aromatic rings. The Morgan fingerprint density at radius 1 is 1.36 bits per heavy atom. The molecule has 0 aromatic carbocycles. The molecule has 0 aliphatic heterocycles. The highest BCUT2D eigenvalue weighted by atomic mass is 35.5. The molecule has 134 valence electrons. The molecule has 25 heavy (non-hydrogen) atoms. The van der Waals surface area contributed by atoms with Gasteiger partial charge in [-0.25, -0.2) is 9.97 Å². The van der Waals surface area contributed by atoms with E-state index in [1.54, 1.807) is 11.6 Å². The van der Waals surface area contributed by atoms with Gasteiger partial charge in [0.15, 0.2) is 16.0 Å². The highest BCUT2D eigenvalue weighted by Crippen LogP contribution is 2.25. The number of hydrogen-bond donors (Lipinski definition) is 2. The smallest absolute Gasteiger partial charge is 0.281 e. The molecule has 0 unspecified atom stereocenters. The van der Waals surface area contributed by atoms with E-state index in [2.05, 4.69) is 25.8 Å². The van der Waals surface area contributed by atoms with Crippen LogP contribution >= 0.6 is 34.3 Å². The molecule has 0 atom stereocenters. The molecule has 0 spiro atoms. The van der Waals surface area contributed by atoms with Crippen molar-refractivity contribution < 1.29 is 14.4 Å². The van der Waals surface area contributed by atoms with Crippen LogP contribution in [0.2, 0.25) is 0 Å². The van der Waals surface area contributed by atoms with Gasteiger partial charge in [-0.15, -0.1) is 34.3 Å². The predicted molar refractivity (Wildman–Crippen MR) is 99.8 cm³/mol. The van der Waals surface area contributed by atoms with Crippen molar-refractivity contribution in [2.24, 2.45) is 5.16 Å². The zero-order valence-corrected chi connectivity index (χ0v) is 16.1. The van der Waals surface area contributed by atoms with Gasteiger partial charge in [0.1, 0.15) is 18.7 Å². The molecule has 0 saturated carbocycles. The molecule has 11 heteroatoms. The SMILES string of the molecule is CO/N=C(\C(=O)Nc1ncc(C(C)C)s1)c1csc(NC(=O)CCl)n1. The molecule has 0 saturated heterocycles. The standard InChI is InChI=1S/C14H16ClN5O3S2/c1-7(2)9-5-16-13(25-9)19-12(22)11(20-23-3)8-6-24-14(17-8)18-10(21)4-15/h5-7H,4H2,1-3H3,(H,16,19,22)(H,17,18,21)/b20-11-. The molecule has 0 bridgehead atoms. The summed E-state index contributed by atoms with van der Waals surface area (Å²) in [5.41, 5.74) is 0.251. The number of amides is 2. The number of halogens is 1. The van der Waals surface area contributed by atoms with Crippen molar-refractivity contribution in [3.8, 4) is 0 Å². The van der Waals surface area contributed by atoms with Crippen molar-refractivity contribution in [3.63, 3.8) is 0 Å². The fourth-order valence-corrected chi connectivity index (χ4v) is 3.25. The fourth-order valence-electron chi connectivity index (χ4n) is 1.66. The Kier molecular flexibility index (Phi) is 6.85. The minimum atomic E-state index is -0.507. The van der Waals surface area contributed by atoms with Crippen molar-refractivity contribution in [2.45, 2.75) is 19.8 Å². The summed E-state index contributed by atoms with van der Waals surface area (Å²) >= 11 is 7.97. The quantitative estimate of drug-likeness (QED) is 0.421. The zero-order chi connectivity index (χ0) is 18.4. The molecule has 0 aliphatic carbocycles. The molecular weight excluding hydrogens is 386 g/mol. The van der Waals surface area contributed by atoms with Gasteiger partial charge in [-0.1, -0.05) is 19.0 Å². The van der Waals surface area contributed by atoms with E-state index in [0.29, 0.717) is 16.2 Å². The number of rotatable bonds is 7. The molecule has 2 rings (SSSR count). The molecular formula is C14H16ClN5O3S2. The van der Waals surface area contributed by atoms with Crippen molar-refractivity contribution in [3.05, 3.63) is 22.1 Å². The van der Waals surface area contributed by atoms with E-state index in [1.807, 2.05) is 13.8 Å². The summed E-state index contributed by atoms with van der Waals surface area (Å²) in [7, 11) is 1.33. The number of hydrogen-bond acceptors (Lipinski definition) is 8. The van der Waals surface area contributed by atoms with Crippen molar-refractivity contribution in [1.82, 2.24) is 9.97 Å². The maximum absolute atomic E-state index is 12.5. The summed E-state index contributed by atoms with van der Waals surface area (Å²) < 4.78 is 0. The average molecular weight is 402 g/mol. The first-order valence-corrected chi connectivity index (χ1v) is 9.37. The first-order chi connectivity index (χ1) is 11.9. The number of thiazole rings is 2. The van der Waals surface area contributed by atoms with E-state index in [4.69, 9.17) is 16.4 Å². The number of aromatic nitrogens is 2. The third-order valence-electron chi connectivity index (χ3n) is 2.83. The first kappa shape index (κ1) is 19.3. The molecule has 0 fully saturated rings. The van der Waals surface area contributed by atoms with Crippen LogP contribution < -0.4 is 10.6 Å². The summed E-state index contributed by atoms with van der Waals surface area (Å²) in [6.45, 7) is 4.09. The Bertz CT molecular complexity index is 787. The van der Waals surface area contributed by atoms with Crippen molar-refractivity contribution in [2.75, 3.05) is 23.6 Å². The second kappa shape index (κ2) is 8.88. The van der Waals surface area contributed by atoms with Crippen LogP contribution in [0, 0.1) is 0 Å². The van der Waals surface area contributed by atoms with Gasteiger partial charge in [-0.3, -0.25) is 14.9 Å². The van der Waals surface area contributed by atoms with Gasteiger partial charge < -0.3 is 10.2 Å². The summed E-state index contributed by atoms with van der Waals surface area (Å²) in [5, 5.41) is 11.3. The number of alkyl halides is 1. The third-order valence-corrected chi connectivity index (χ3v) is 5.04. The van der Waals surface area contributed by atoms with Gasteiger partial charge in [-0.2, -0.15) is 0 Å². The first-order valence-electron chi connectivity index (χ1n) is 7.14. The molecule has 0 radical (unpaired) electrons. The van der Waals surface area contributed by atoms with Crippen LogP contribution in [0.15, 0.2) is 16.7 Å². The fraction of sp³-hybridized carbons (Fsp3) is 0.357. The van der Waals surface area contributed by atoms with Crippen molar-refractivity contribution >= 4 is 62.1 Å². The van der Waals surface area contributed by atoms with Crippen LogP contribution in [0.25, 0.3) is 0 Å². The van der Waals surface area contributed by atoms with Gasteiger partial charge in [0, 0.05) is 16.5 Å². The predicted octanol–water partition coefficient (Wildman–Crippen LogP) is 2.89. The van der Waals surface area contributed by atoms with Crippen LogP contribution in [-0.4, -0.2) is 40.5 Å². The molecule has 8 nitrogen and oxygen atoms in total. The van der Waals surface area contributed by atoms with Gasteiger partial charge in [0.05, 0.1) is 0 Å². The highest BCUT2D eigenvalue weighted by molar-refractivity contribution is 7.16. The second-order valence-electron chi connectivity index (χ2n) is 5.02. The number of nitrogens with one attached hydrogen (secondary N) is 2. The van der Waals surface area contributed by atoms with Crippen molar-refractivity contribution in [1.29, 1.82) is 0 Å². The Morgan fingerprint density at radius 3 is 2.72 bits per heavy atom. The lowest BCUT2D eigenvalue weighted by Gasteiger charge is -2.03. The minimum absolute atomic E-state index is 0.0218. The Hall–Kier alpha value is -2.04. The van der Waals surface area contributed by atoms with Gasteiger partial charge in [-0.05, 0) is 5.92 Å².